The molecule has 0 amide bonds. The van der Waals surface area contributed by atoms with Crippen LogP contribution in [-0.4, -0.2) is 25.2 Å². The van der Waals surface area contributed by atoms with Gasteiger partial charge in [-0.3, -0.25) is 0 Å². The van der Waals surface area contributed by atoms with Gasteiger partial charge in [-0.05, 0) is 5.92 Å². The summed E-state index contributed by atoms with van der Waals surface area (Å²) in [4.78, 5) is 0. The van der Waals surface area contributed by atoms with E-state index in [4.69, 9.17) is 0 Å². The quantitative estimate of drug-likeness (QED) is 0.605. The van der Waals surface area contributed by atoms with Gasteiger partial charge >= 0.3 is 0 Å². The van der Waals surface area contributed by atoms with Crippen LogP contribution in [0.2, 0.25) is 0 Å². The first-order valence-corrected chi connectivity index (χ1v) is 4.81. The third-order valence-corrected chi connectivity index (χ3v) is 3.25. The van der Waals surface area contributed by atoms with Crippen molar-refractivity contribution in [1.82, 2.24) is 10.6 Å². The van der Waals surface area contributed by atoms with Gasteiger partial charge in [0.2, 0.25) is 0 Å². The number of hydrogen-bond donors (Lipinski definition) is 2. The fraction of sp³-hybridized carbons (Fsp3) is 0.800. The molecule has 2 heteroatoms. The van der Waals surface area contributed by atoms with Crippen molar-refractivity contribution in [3.63, 3.8) is 0 Å². The molecule has 0 radical (unpaired) electrons. The number of rotatable bonds is 3. The van der Waals surface area contributed by atoms with Crippen LogP contribution in [0.15, 0.2) is 12.7 Å². The molecule has 2 N–H and O–H groups in total. The van der Waals surface area contributed by atoms with Crippen LogP contribution in [0.5, 0.6) is 0 Å². The van der Waals surface area contributed by atoms with Crippen LogP contribution in [0, 0.1) is 11.3 Å². The van der Waals surface area contributed by atoms with Crippen LogP contribution in [0.25, 0.3) is 0 Å². The smallest absolute Gasteiger partial charge is 0.0226 e. The maximum absolute atomic E-state index is 3.93. The average molecular weight is 166 g/mol. The minimum Gasteiger partial charge on any atom is -0.315 e. The zero-order valence-electron chi connectivity index (χ0n) is 7.93. The lowest BCUT2D eigenvalue weighted by atomic mass is 10.1. The normalized spacial score (nSPS) is 44.6. The van der Waals surface area contributed by atoms with Crippen molar-refractivity contribution in [3.8, 4) is 0 Å². The molecule has 0 aromatic rings. The van der Waals surface area contributed by atoms with Gasteiger partial charge in [0.25, 0.3) is 0 Å². The summed E-state index contributed by atoms with van der Waals surface area (Å²) in [5, 5.41) is 7.00. The minimum atomic E-state index is 0.393. The molecule has 0 spiro atoms. The van der Waals surface area contributed by atoms with Crippen LogP contribution in [-0.2, 0) is 0 Å². The highest BCUT2D eigenvalue weighted by Crippen LogP contribution is 2.55. The van der Waals surface area contributed by atoms with Gasteiger partial charge in [0.15, 0.2) is 0 Å². The van der Waals surface area contributed by atoms with Crippen molar-refractivity contribution in [2.75, 3.05) is 13.1 Å². The van der Waals surface area contributed by atoms with Gasteiger partial charge in [-0.2, -0.15) is 0 Å². The van der Waals surface area contributed by atoms with Crippen molar-refractivity contribution in [2.45, 2.75) is 25.9 Å². The van der Waals surface area contributed by atoms with E-state index < -0.39 is 0 Å². The van der Waals surface area contributed by atoms with E-state index in [2.05, 4.69) is 37.1 Å². The lowest BCUT2D eigenvalue weighted by Gasteiger charge is -2.14. The molecule has 1 aliphatic carbocycles. The molecule has 2 aliphatic rings. The summed E-state index contributed by atoms with van der Waals surface area (Å²) in [5.74, 6) is 0.803. The lowest BCUT2D eigenvalue weighted by molar-refractivity contribution is 0.484. The molecule has 2 nitrogen and oxygen atoms in total. The average Bonchev–Trinajstić information content (AvgIpc) is 2.43. The Morgan fingerprint density at radius 3 is 2.92 bits per heavy atom. The number of fused-ring (bicyclic) bond motifs is 1. The lowest BCUT2D eigenvalue weighted by Crippen LogP contribution is -2.34. The summed E-state index contributed by atoms with van der Waals surface area (Å²) in [6.07, 6.45) is 2.14. The Bertz CT molecular complexity index is 200. The molecule has 2 rings (SSSR count). The summed E-state index contributed by atoms with van der Waals surface area (Å²) < 4.78 is 0. The Kier molecular flexibility index (Phi) is 1.77. The first-order valence-electron chi connectivity index (χ1n) is 4.81. The van der Waals surface area contributed by atoms with E-state index in [0.717, 1.165) is 19.0 Å². The molecule has 2 fully saturated rings. The summed E-state index contributed by atoms with van der Waals surface area (Å²) in [5.41, 5.74) is 0.393. The first kappa shape index (κ1) is 8.27. The first-order chi connectivity index (χ1) is 5.70. The van der Waals surface area contributed by atoms with E-state index >= 15 is 0 Å². The Morgan fingerprint density at radius 1 is 1.67 bits per heavy atom. The van der Waals surface area contributed by atoms with Crippen LogP contribution in [0.3, 0.4) is 0 Å². The van der Waals surface area contributed by atoms with Gasteiger partial charge in [-0.1, -0.05) is 19.9 Å². The Labute approximate surface area is 74.4 Å². The van der Waals surface area contributed by atoms with E-state index in [-0.39, 0.29) is 0 Å². The number of hydrogen-bond acceptors (Lipinski definition) is 2. The van der Waals surface area contributed by atoms with Gasteiger partial charge in [0, 0.05) is 30.6 Å². The standard InChI is InChI=1S/C10H18N2/c1-4-10-6-11-5-8(10)9(10)12-7(2)3/h4,7-9,11-12H,1,5-6H2,2-3H3/t8?,9-,10-/m0/s1. The highest BCUT2D eigenvalue weighted by Gasteiger charge is 2.64. The van der Waals surface area contributed by atoms with E-state index in [1.807, 2.05) is 0 Å². The topological polar surface area (TPSA) is 24.1 Å². The molecule has 1 saturated heterocycles. The highest BCUT2D eigenvalue weighted by atomic mass is 15.1. The molecular formula is C10H18N2. The van der Waals surface area contributed by atoms with Gasteiger partial charge < -0.3 is 10.6 Å². The monoisotopic (exact) mass is 166 g/mol. The Balaban J connectivity index is 2.00. The zero-order valence-corrected chi connectivity index (χ0v) is 7.93. The van der Waals surface area contributed by atoms with Crippen LogP contribution >= 0.6 is 0 Å². The highest BCUT2D eigenvalue weighted by molar-refractivity contribution is 5.28. The summed E-state index contributed by atoms with van der Waals surface area (Å²) in [6.45, 7) is 10.6. The largest absolute Gasteiger partial charge is 0.315 e. The number of piperidine rings is 1. The number of nitrogens with one attached hydrogen (secondary N) is 2. The molecule has 68 valence electrons. The van der Waals surface area contributed by atoms with Crippen LogP contribution in [0.1, 0.15) is 13.8 Å². The third-order valence-electron chi connectivity index (χ3n) is 3.25. The summed E-state index contributed by atoms with van der Waals surface area (Å²) in [7, 11) is 0. The molecule has 1 heterocycles. The predicted molar refractivity (Wildman–Crippen MR) is 51.0 cm³/mol. The molecular weight excluding hydrogens is 148 g/mol. The Morgan fingerprint density at radius 2 is 2.42 bits per heavy atom. The molecule has 3 atom stereocenters. The molecule has 0 bridgehead atoms. The van der Waals surface area contributed by atoms with Gasteiger partial charge in [-0.25, -0.2) is 0 Å². The van der Waals surface area contributed by atoms with E-state index in [1.165, 1.54) is 0 Å². The fourth-order valence-electron chi connectivity index (χ4n) is 2.51. The van der Waals surface area contributed by atoms with E-state index in [9.17, 15) is 0 Å². The maximum Gasteiger partial charge on any atom is 0.0226 e. The minimum absolute atomic E-state index is 0.393. The molecule has 12 heavy (non-hydrogen) atoms. The van der Waals surface area contributed by atoms with Crippen LogP contribution in [0.4, 0.5) is 0 Å². The van der Waals surface area contributed by atoms with Gasteiger partial charge in [0.05, 0.1) is 0 Å². The SMILES string of the molecule is C=C[C@]12CNCC1[C@@H]2NC(C)C. The molecule has 0 aromatic carbocycles. The van der Waals surface area contributed by atoms with Crippen molar-refractivity contribution >= 4 is 0 Å². The molecule has 0 aromatic heterocycles. The Hall–Kier alpha value is -0.340. The predicted octanol–water partition coefficient (Wildman–Crippen LogP) is 0.758. The zero-order chi connectivity index (χ0) is 8.77. The van der Waals surface area contributed by atoms with Gasteiger partial charge in [0.1, 0.15) is 0 Å². The van der Waals surface area contributed by atoms with E-state index in [1.54, 1.807) is 0 Å². The van der Waals surface area contributed by atoms with Gasteiger partial charge in [-0.15, -0.1) is 6.58 Å². The second kappa shape index (κ2) is 2.57. The second-order valence-electron chi connectivity index (χ2n) is 4.35. The second-order valence-corrected chi connectivity index (χ2v) is 4.35. The van der Waals surface area contributed by atoms with Crippen molar-refractivity contribution in [1.29, 1.82) is 0 Å². The van der Waals surface area contributed by atoms with Crippen molar-refractivity contribution in [2.24, 2.45) is 11.3 Å². The fourth-order valence-corrected chi connectivity index (χ4v) is 2.51. The van der Waals surface area contributed by atoms with E-state index in [0.29, 0.717) is 17.5 Å². The molecule has 1 aliphatic heterocycles. The van der Waals surface area contributed by atoms with Crippen molar-refractivity contribution in [3.05, 3.63) is 12.7 Å². The van der Waals surface area contributed by atoms with Crippen molar-refractivity contribution < 1.29 is 0 Å². The molecule has 1 saturated carbocycles. The molecule has 1 unspecified atom stereocenters. The van der Waals surface area contributed by atoms with Crippen LogP contribution < -0.4 is 10.6 Å². The third kappa shape index (κ3) is 0.947. The summed E-state index contributed by atoms with van der Waals surface area (Å²) >= 11 is 0. The maximum atomic E-state index is 3.93. The summed E-state index contributed by atoms with van der Waals surface area (Å²) in [6, 6.07) is 1.29.